The maximum atomic E-state index is 11.7. The summed E-state index contributed by atoms with van der Waals surface area (Å²) in [5, 5.41) is 7.04. The third-order valence-corrected chi connectivity index (χ3v) is 3.35. The third kappa shape index (κ3) is 3.96. The van der Waals surface area contributed by atoms with Crippen molar-refractivity contribution in [3.63, 3.8) is 0 Å². The predicted octanol–water partition coefficient (Wildman–Crippen LogP) is 0.625. The van der Waals surface area contributed by atoms with Gasteiger partial charge in [-0.15, -0.1) is 0 Å². The summed E-state index contributed by atoms with van der Waals surface area (Å²) >= 11 is 0. The van der Waals surface area contributed by atoms with Crippen molar-refractivity contribution in [1.29, 1.82) is 0 Å². The van der Waals surface area contributed by atoms with Crippen LogP contribution in [0.3, 0.4) is 0 Å². The summed E-state index contributed by atoms with van der Waals surface area (Å²) in [5.74, 6) is 0.689. The van der Waals surface area contributed by atoms with Crippen molar-refractivity contribution in [3.8, 4) is 0 Å². The topological polar surface area (TPSA) is 82.2 Å². The van der Waals surface area contributed by atoms with Gasteiger partial charge in [0.1, 0.15) is 6.54 Å². The molecule has 1 heterocycles. The number of aryl methyl sites for hydroxylation is 1. The van der Waals surface area contributed by atoms with Crippen molar-refractivity contribution in [1.82, 2.24) is 15.1 Å². The van der Waals surface area contributed by atoms with Crippen molar-refractivity contribution in [2.45, 2.75) is 33.2 Å². The summed E-state index contributed by atoms with van der Waals surface area (Å²) in [6, 6.07) is 0. The summed E-state index contributed by atoms with van der Waals surface area (Å²) in [7, 11) is 0. The van der Waals surface area contributed by atoms with E-state index in [-0.39, 0.29) is 12.5 Å². The van der Waals surface area contributed by atoms with Crippen molar-refractivity contribution in [2.24, 2.45) is 5.92 Å². The highest BCUT2D eigenvalue weighted by Crippen LogP contribution is 2.28. The Labute approximate surface area is 113 Å². The maximum absolute atomic E-state index is 11.7. The van der Waals surface area contributed by atoms with E-state index in [1.165, 1.54) is 12.8 Å². The van der Waals surface area contributed by atoms with Crippen LogP contribution >= 0.6 is 0 Å². The summed E-state index contributed by atoms with van der Waals surface area (Å²) in [4.78, 5) is 11.7. The second-order valence-electron chi connectivity index (χ2n) is 5.11. The number of nitrogens with one attached hydrogen (secondary N) is 1. The quantitative estimate of drug-likeness (QED) is 0.709. The van der Waals surface area contributed by atoms with Crippen LogP contribution in [0.15, 0.2) is 0 Å². The molecule has 2 rings (SSSR count). The second-order valence-corrected chi connectivity index (χ2v) is 5.11. The molecule has 19 heavy (non-hydrogen) atoms. The first-order valence-electron chi connectivity index (χ1n) is 6.72. The second kappa shape index (κ2) is 6.06. The molecule has 1 aliphatic carbocycles. The number of nitrogens with two attached hydrogens (primary N) is 1. The Balaban J connectivity index is 1.66. The number of ether oxygens (including phenoxy) is 1. The molecule has 0 bridgehead atoms. The molecular formula is C13H22N4O2. The molecule has 6 nitrogen and oxygen atoms in total. The molecule has 0 aromatic carbocycles. The van der Waals surface area contributed by atoms with Gasteiger partial charge in [0.05, 0.1) is 23.7 Å². The average Bonchev–Trinajstić information content (AvgIpc) is 3.16. The lowest BCUT2D eigenvalue weighted by atomic mass is 10.3. The first-order chi connectivity index (χ1) is 9.08. The number of hydrogen-bond acceptors (Lipinski definition) is 4. The molecule has 0 spiro atoms. The van der Waals surface area contributed by atoms with Gasteiger partial charge in [-0.2, -0.15) is 5.10 Å². The number of amides is 1. The van der Waals surface area contributed by atoms with Crippen molar-refractivity contribution in [3.05, 3.63) is 11.4 Å². The molecule has 0 unspecified atom stereocenters. The molecule has 3 N–H and O–H groups in total. The van der Waals surface area contributed by atoms with Crippen LogP contribution in [0.25, 0.3) is 0 Å². The van der Waals surface area contributed by atoms with E-state index < -0.39 is 0 Å². The molecule has 0 radical (unpaired) electrons. The zero-order chi connectivity index (χ0) is 13.8. The van der Waals surface area contributed by atoms with E-state index in [9.17, 15) is 4.79 Å². The minimum absolute atomic E-state index is 0.0689. The smallest absolute Gasteiger partial charge is 0.241 e. The van der Waals surface area contributed by atoms with Gasteiger partial charge in [-0.25, -0.2) is 0 Å². The van der Waals surface area contributed by atoms with E-state index >= 15 is 0 Å². The minimum atomic E-state index is -0.0689. The number of anilines is 1. The largest absolute Gasteiger partial charge is 0.396 e. The number of aromatic nitrogens is 2. The summed E-state index contributed by atoms with van der Waals surface area (Å²) in [6.07, 6.45) is 2.57. The van der Waals surface area contributed by atoms with E-state index in [1.54, 1.807) is 4.68 Å². The van der Waals surface area contributed by atoms with Crippen molar-refractivity contribution >= 4 is 11.6 Å². The molecule has 1 aromatic heterocycles. The number of rotatable bonds is 7. The van der Waals surface area contributed by atoms with E-state index in [0.29, 0.717) is 18.8 Å². The Morgan fingerprint density at radius 1 is 1.53 bits per heavy atom. The standard InChI is InChI=1S/C13H22N4O2/c1-9-13(14)10(2)17(16-9)7-12(18)15-5-6-19-8-11-3-4-11/h11H,3-8,14H2,1-2H3,(H,15,18). The molecule has 6 heteroatoms. The molecular weight excluding hydrogens is 244 g/mol. The third-order valence-electron chi connectivity index (χ3n) is 3.35. The number of carbonyl (C=O) groups is 1. The summed E-state index contributed by atoms with van der Waals surface area (Å²) in [6.45, 7) is 5.84. The molecule has 1 saturated carbocycles. The van der Waals surface area contributed by atoms with Gasteiger partial charge in [0.15, 0.2) is 0 Å². The first kappa shape index (κ1) is 13.9. The molecule has 1 aliphatic rings. The van der Waals surface area contributed by atoms with Crippen LogP contribution in [0.5, 0.6) is 0 Å². The number of hydrogen-bond donors (Lipinski definition) is 2. The van der Waals surface area contributed by atoms with Gasteiger partial charge >= 0.3 is 0 Å². The molecule has 0 atom stereocenters. The van der Waals surface area contributed by atoms with Gasteiger partial charge in [0, 0.05) is 13.2 Å². The Hall–Kier alpha value is -1.56. The molecule has 1 fully saturated rings. The molecule has 1 amide bonds. The SMILES string of the molecule is Cc1nn(CC(=O)NCCOCC2CC2)c(C)c1N. The van der Waals surface area contributed by atoms with Crippen LogP contribution < -0.4 is 11.1 Å². The van der Waals surface area contributed by atoms with Gasteiger partial charge in [-0.3, -0.25) is 9.48 Å². The fourth-order valence-electron chi connectivity index (χ4n) is 1.85. The molecule has 0 aliphatic heterocycles. The highest BCUT2D eigenvalue weighted by Gasteiger charge is 2.20. The summed E-state index contributed by atoms with van der Waals surface area (Å²) in [5.41, 5.74) is 8.06. The van der Waals surface area contributed by atoms with Crippen LogP contribution in [0.4, 0.5) is 5.69 Å². The minimum Gasteiger partial charge on any atom is -0.396 e. The van der Waals surface area contributed by atoms with Gasteiger partial charge < -0.3 is 15.8 Å². The van der Waals surface area contributed by atoms with Gasteiger partial charge in [-0.1, -0.05) is 0 Å². The van der Waals surface area contributed by atoms with Gasteiger partial charge in [0.25, 0.3) is 0 Å². The lowest BCUT2D eigenvalue weighted by molar-refractivity contribution is -0.122. The fraction of sp³-hybridized carbons (Fsp3) is 0.692. The Kier molecular flexibility index (Phi) is 4.42. The highest BCUT2D eigenvalue weighted by atomic mass is 16.5. The number of nitrogen functional groups attached to an aromatic ring is 1. The van der Waals surface area contributed by atoms with E-state index in [0.717, 1.165) is 23.9 Å². The fourth-order valence-corrected chi connectivity index (χ4v) is 1.85. The van der Waals surface area contributed by atoms with Crippen LogP contribution in [-0.4, -0.2) is 35.4 Å². The Morgan fingerprint density at radius 2 is 2.26 bits per heavy atom. The van der Waals surface area contributed by atoms with Crippen molar-refractivity contribution < 1.29 is 9.53 Å². The van der Waals surface area contributed by atoms with E-state index in [1.807, 2.05) is 13.8 Å². The van der Waals surface area contributed by atoms with E-state index in [4.69, 9.17) is 10.5 Å². The first-order valence-corrected chi connectivity index (χ1v) is 6.72. The van der Waals surface area contributed by atoms with Crippen molar-refractivity contribution in [2.75, 3.05) is 25.5 Å². The van der Waals surface area contributed by atoms with Gasteiger partial charge in [-0.05, 0) is 32.6 Å². The number of nitrogens with zero attached hydrogens (tertiary/aromatic N) is 2. The normalized spacial score (nSPS) is 14.6. The molecule has 0 saturated heterocycles. The monoisotopic (exact) mass is 266 g/mol. The molecule has 106 valence electrons. The van der Waals surface area contributed by atoms with Crippen LogP contribution in [0.2, 0.25) is 0 Å². The Morgan fingerprint density at radius 3 is 2.84 bits per heavy atom. The molecule has 1 aromatic rings. The summed E-state index contributed by atoms with van der Waals surface area (Å²) < 4.78 is 7.08. The van der Waals surface area contributed by atoms with Crippen LogP contribution in [0.1, 0.15) is 24.2 Å². The zero-order valence-corrected chi connectivity index (χ0v) is 11.6. The zero-order valence-electron chi connectivity index (χ0n) is 11.6. The predicted molar refractivity (Wildman–Crippen MR) is 72.7 cm³/mol. The lowest BCUT2D eigenvalue weighted by Crippen LogP contribution is -2.31. The average molecular weight is 266 g/mol. The lowest BCUT2D eigenvalue weighted by Gasteiger charge is -2.07. The maximum Gasteiger partial charge on any atom is 0.241 e. The number of carbonyl (C=O) groups excluding carboxylic acids is 1. The van der Waals surface area contributed by atoms with Gasteiger partial charge in [0.2, 0.25) is 5.91 Å². The van der Waals surface area contributed by atoms with E-state index in [2.05, 4.69) is 10.4 Å². The highest BCUT2D eigenvalue weighted by molar-refractivity contribution is 5.75. The Bertz CT molecular complexity index is 452. The van der Waals surface area contributed by atoms with Crippen LogP contribution in [-0.2, 0) is 16.1 Å². The van der Waals surface area contributed by atoms with Crippen LogP contribution in [0, 0.1) is 19.8 Å².